The van der Waals surface area contributed by atoms with Crippen LogP contribution in [-0.2, 0) is 7.05 Å². The third-order valence-electron chi connectivity index (χ3n) is 0.637. The lowest BCUT2D eigenvalue weighted by molar-refractivity contribution is 0.913. The lowest BCUT2D eigenvalue weighted by Gasteiger charge is -1.76. The van der Waals surface area contributed by atoms with E-state index in [9.17, 15) is 0 Å². The minimum absolute atomic E-state index is 0. The van der Waals surface area contributed by atoms with Crippen LogP contribution >= 0.6 is 12.4 Å². The average molecular weight is 136 g/mol. The zero-order valence-corrected chi connectivity index (χ0v) is 5.56. The number of aromatic nitrogens is 2. The molecular weight excluding hydrogens is 126 g/mol. The number of rotatable bonds is 0. The highest BCUT2D eigenvalue weighted by Crippen LogP contribution is 1.73. The maximum atomic E-state index is 3.78. The Bertz CT molecular complexity index is 115. The second-order valence-corrected chi connectivity index (χ2v) is 1.23. The molecule has 3 N–H and O–H groups in total. The molecule has 0 aliphatic carbocycles. The number of hydrogen-bond donors (Lipinski definition) is 1. The Morgan fingerprint density at radius 2 is 2.12 bits per heavy atom. The number of aryl methyl sites for hydroxylation is 1. The first-order valence-corrected chi connectivity index (χ1v) is 1.81. The van der Waals surface area contributed by atoms with Gasteiger partial charge in [-0.1, -0.05) is 0 Å². The van der Waals surface area contributed by atoms with Gasteiger partial charge in [-0.05, 0) is 0 Å². The van der Waals surface area contributed by atoms with E-state index in [4.69, 9.17) is 0 Å². The van der Waals surface area contributed by atoms with E-state index in [1.807, 2.05) is 17.8 Å². The van der Waals surface area contributed by atoms with Gasteiger partial charge in [0, 0.05) is 19.4 Å². The van der Waals surface area contributed by atoms with Crippen LogP contribution in [0.2, 0.25) is 0 Å². The van der Waals surface area contributed by atoms with Gasteiger partial charge in [0.2, 0.25) is 0 Å². The summed E-state index contributed by atoms with van der Waals surface area (Å²) in [5, 5.41) is 0. The van der Waals surface area contributed by atoms with Crippen LogP contribution in [0.25, 0.3) is 0 Å². The van der Waals surface area contributed by atoms with Crippen molar-refractivity contribution in [1.82, 2.24) is 15.7 Å². The van der Waals surface area contributed by atoms with Gasteiger partial charge in [-0.25, -0.2) is 4.98 Å². The van der Waals surface area contributed by atoms with Crippen molar-refractivity contribution in [2.45, 2.75) is 0 Å². The molecule has 1 aromatic heterocycles. The van der Waals surface area contributed by atoms with Gasteiger partial charge in [0.25, 0.3) is 0 Å². The minimum Gasteiger partial charge on any atom is -0.344 e. The number of hydrogen-bond acceptors (Lipinski definition) is 2. The van der Waals surface area contributed by atoms with Gasteiger partial charge in [0.1, 0.15) is 0 Å². The van der Waals surface area contributed by atoms with Crippen molar-refractivity contribution in [3.05, 3.63) is 18.7 Å². The summed E-state index contributed by atoms with van der Waals surface area (Å²) in [5.41, 5.74) is 0. The molecule has 0 aliphatic rings. The number of imidazole rings is 1. The quantitative estimate of drug-likeness (QED) is 0.577. The topological polar surface area (TPSA) is 52.8 Å². The zero-order valence-electron chi connectivity index (χ0n) is 4.74. The molecule has 3 nitrogen and oxygen atoms in total. The predicted molar refractivity (Wildman–Crippen MR) is 35.5 cm³/mol. The van der Waals surface area contributed by atoms with Gasteiger partial charge in [0.05, 0.1) is 6.33 Å². The third-order valence-corrected chi connectivity index (χ3v) is 0.637. The van der Waals surface area contributed by atoms with Gasteiger partial charge in [-0.2, -0.15) is 0 Å². The molecular formula is C4H10ClN3. The molecule has 1 heterocycles. The van der Waals surface area contributed by atoms with Crippen LogP contribution in [0.15, 0.2) is 18.7 Å². The van der Waals surface area contributed by atoms with Gasteiger partial charge in [-0.3, -0.25) is 0 Å². The Kier molecular flexibility index (Phi) is 6.02. The Labute approximate surface area is 54.7 Å². The summed E-state index contributed by atoms with van der Waals surface area (Å²) in [6, 6.07) is 0. The second kappa shape index (κ2) is 4.61. The highest BCUT2D eigenvalue weighted by atomic mass is 35.5. The molecule has 4 heteroatoms. The van der Waals surface area contributed by atoms with E-state index in [1.54, 1.807) is 12.5 Å². The van der Waals surface area contributed by atoms with Crippen LogP contribution in [0.1, 0.15) is 0 Å². The Balaban J connectivity index is 0. The van der Waals surface area contributed by atoms with Gasteiger partial charge >= 0.3 is 0 Å². The predicted octanol–water partition coefficient (Wildman–Crippen LogP) is 1.00. The van der Waals surface area contributed by atoms with E-state index in [1.165, 1.54) is 0 Å². The molecule has 8 heavy (non-hydrogen) atoms. The molecule has 0 spiro atoms. The molecule has 0 aliphatic heterocycles. The Morgan fingerprint density at radius 1 is 1.50 bits per heavy atom. The summed E-state index contributed by atoms with van der Waals surface area (Å²) in [6.07, 6.45) is 5.39. The molecule has 1 aromatic rings. The summed E-state index contributed by atoms with van der Waals surface area (Å²) in [4.78, 5) is 3.78. The number of nitrogens with zero attached hydrogens (tertiary/aromatic N) is 2. The summed E-state index contributed by atoms with van der Waals surface area (Å²) in [6.45, 7) is 0. The highest BCUT2D eigenvalue weighted by Gasteiger charge is 1.69. The lowest BCUT2D eigenvalue weighted by atomic mass is 10.9. The van der Waals surface area contributed by atoms with E-state index < -0.39 is 0 Å². The van der Waals surface area contributed by atoms with Crippen LogP contribution in [0.5, 0.6) is 0 Å². The van der Waals surface area contributed by atoms with Crippen LogP contribution in [-0.4, -0.2) is 9.55 Å². The summed E-state index contributed by atoms with van der Waals surface area (Å²) < 4.78 is 1.89. The fraction of sp³-hybridized carbons (Fsp3) is 0.250. The van der Waals surface area contributed by atoms with Crippen molar-refractivity contribution in [3.8, 4) is 0 Å². The Hall–Kier alpha value is -0.540. The van der Waals surface area contributed by atoms with Crippen LogP contribution < -0.4 is 6.15 Å². The minimum atomic E-state index is 0. The SMILES string of the molecule is Cl.Cn1ccnc1.N. The largest absolute Gasteiger partial charge is 0.344 e. The van der Waals surface area contributed by atoms with E-state index in [2.05, 4.69) is 4.98 Å². The molecule has 0 radical (unpaired) electrons. The number of halogens is 1. The van der Waals surface area contributed by atoms with E-state index in [0.29, 0.717) is 0 Å². The molecule has 0 bridgehead atoms. The third kappa shape index (κ3) is 2.60. The molecule has 0 saturated heterocycles. The zero-order chi connectivity index (χ0) is 4.41. The molecule has 0 atom stereocenters. The van der Waals surface area contributed by atoms with Crippen molar-refractivity contribution < 1.29 is 0 Å². The lowest BCUT2D eigenvalue weighted by Crippen LogP contribution is -1.76. The molecule has 0 unspecified atom stereocenters. The molecule has 0 amide bonds. The maximum absolute atomic E-state index is 3.78. The van der Waals surface area contributed by atoms with E-state index in [-0.39, 0.29) is 18.6 Å². The molecule has 48 valence electrons. The molecule has 0 saturated carbocycles. The van der Waals surface area contributed by atoms with E-state index >= 15 is 0 Å². The van der Waals surface area contributed by atoms with Gasteiger partial charge in [0.15, 0.2) is 0 Å². The molecule has 0 fully saturated rings. The first-order valence-electron chi connectivity index (χ1n) is 1.81. The first kappa shape index (κ1) is 10.4. The van der Waals surface area contributed by atoms with Crippen molar-refractivity contribution in [1.29, 1.82) is 0 Å². The first-order chi connectivity index (χ1) is 2.89. The van der Waals surface area contributed by atoms with Crippen molar-refractivity contribution in [2.75, 3.05) is 0 Å². The maximum Gasteiger partial charge on any atom is 0.0943 e. The highest BCUT2D eigenvalue weighted by molar-refractivity contribution is 5.85. The van der Waals surface area contributed by atoms with Crippen molar-refractivity contribution in [3.63, 3.8) is 0 Å². The molecule has 0 aromatic carbocycles. The normalized spacial score (nSPS) is 6.62. The van der Waals surface area contributed by atoms with E-state index in [0.717, 1.165) is 0 Å². The summed E-state index contributed by atoms with van der Waals surface area (Å²) >= 11 is 0. The monoisotopic (exact) mass is 135 g/mol. The van der Waals surface area contributed by atoms with Crippen LogP contribution in [0, 0.1) is 0 Å². The van der Waals surface area contributed by atoms with Crippen LogP contribution in [0.4, 0.5) is 0 Å². The Morgan fingerprint density at radius 3 is 2.25 bits per heavy atom. The fourth-order valence-electron chi connectivity index (χ4n) is 0.326. The average Bonchev–Trinajstić information content (AvgIpc) is 1.86. The van der Waals surface area contributed by atoms with Gasteiger partial charge in [-0.15, -0.1) is 12.4 Å². The molecule has 1 rings (SSSR count). The van der Waals surface area contributed by atoms with Crippen molar-refractivity contribution in [2.24, 2.45) is 7.05 Å². The van der Waals surface area contributed by atoms with Crippen molar-refractivity contribution >= 4 is 12.4 Å². The van der Waals surface area contributed by atoms with Gasteiger partial charge < -0.3 is 10.7 Å². The van der Waals surface area contributed by atoms with Crippen LogP contribution in [0.3, 0.4) is 0 Å². The second-order valence-electron chi connectivity index (χ2n) is 1.23. The standard InChI is InChI=1S/C4H6N2.ClH.H3N/c1-6-3-2-5-4-6;;/h2-4H,1H3;1H;1H3. The summed E-state index contributed by atoms with van der Waals surface area (Å²) in [7, 11) is 1.94. The fourth-order valence-corrected chi connectivity index (χ4v) is 0.326. The summed E-state index contributed by atoms with van der Waals surface area (Å²) in [5.74, 6) is 0. The smallest absolute Gasteiger partial charge is 0.0943 e.